The standard InChI is InChI=1S/C12H13Cl2N3O4/c1-2-17(5-9(15)18)12(21)16-10-7(11(19)20)3-6(13)4-8(10)14/h3-4H,2,5H2,1H3,(H2,15,18)(H,16,21)(H,19,20). The lowest BCUT2D eigenvalue weighted by atomic mass is 10.2. The van der Waals surface area contributed by atoms with Crippen molar-refractivity contribution >= 4 is 46.8 Å². The molecule has 0 bridgehead atoms. The molecule has 9 heteroatoms. The zero-order valence-electron chi connectivity index (χ0n) is 11.0. The Kier molecular flexibility index (Phi) is 5.80. The molecule has 7 nitrogen and oxygen atoms in total. The molecule has 0 aliphatic carbocycles. The van der Waals surface area contributed by atoms with Crippen LogP contribution in [-0.4, -0.2) is 41.0 Å². The minimum Gasteiger partial charge on any atom is -0.478 e. The summed E-state index contributed by atoms with van der Waals surface area (Å²) in [5.41, 5.74) is 4.68. The van der Waals surface area contributed by atoms with Crippen molar-refractivity contribution in [2.45, 2.75) is 6.92 Å². The number of primary amides is 1. The number of benzene rings is 1. The minimum absolute atomic E-state index is 0.0246. The van der Waals surface area contributed by atoms with E-state index in [2.05, 4.69) is 5.32 Å². The van der Waals surface area contributed by atoms with Crippen molar-refractivity contribution in [3.05, 3.63) is 27.7 Å². The Balaban J connectivity index is 3.09. The average Bonchev–Trinajstić information content (AvgIpc) is 2.37. The summed E-state index contributed by atoms with van der Waals surface area (Å²) in [6, 6.07) is 1.77. The van der Waals surface area contributed by atoms with Crippen LogP contribution in [-0.2, 0) is 4.79 Å². The van der Waals surface area contributed by atoms with Crippen LogP contribution in [0.4, 0.5) is 10.5 Å². The van der Waals surface area contributed by atoms with Crippen molar-refractivity contribution in [3.63, 3.8) is 0 Å². The summed E-state index contributed by atoms with van der Waals surface area (Å²) < 4.78 is 0. The van der Waals surface area contributed by atoms with Crippen LogP contribution in [0, 0.1) is 0 Å². The van der Waals surface area contributed by atoms with E-state index in [0.717, 1.165) is 11.0 Å². The Bertz CT molecular complexity index is 592. The quantitative estimate of drug-likeness (QED) is 0.764. The molecule has 0 heterocycles. The molecule has 0 radical (unpaired) electrons. The van der Waals surface area contributed by atoms with Crippen LogP contribution in [0.5, 0.6) is 0 Å². The number of urea groups is 1. The molecule has 1 aromatic carbocycles. The van der Waals surface area contributed by atoms with E-state index < -0.39 is 17.9 Å². The maximum atomic E-state index is 12.0. The van der Waals surface area contributed by atoms with Gasteiger partial charge in [0.2, 0.25) is 5.91 Å². The summed E-state index contributed by atoms with van der Waals surface area (Å²) in [5.74, 6) is -1.99. The number of carboxylic acids is 1. The van der Waals surface area contributed by atoms with Crippen LogP contribution in [0.2, 0.25) is 10.0 Å². The Hall–Kier alpha value is -1.99. The van der Waals surface area contributed by atoms with Gasteiger partial charge in [-0.15, -0.1) is 0 Å². The minimum atomic E-state index is -1.30. The predicted molar refractivity (Wildman–Crippen MR) is 78.9 cm³/mol. The van der Waals surface area contributed by atoms with Crippen LogP contribution < -0.4 is 11.1 Å². The van der Waals surface area contributed by atoms with Gasteiger partial charge in [-0.1, -0.05) is 23.2 Å². The molecule has 21 heavy (non-hydrogen) atoms. The highest BCUT2D eigenvalue weighted by molar-refractivity contribution is 6.37. The monoisotopic (exact) mass is 333 g/mol. The lowest BCUT2D eigenvalue weighted by Crippen LogP contribution is -2.41. The summed E-state index contributed by atoms with van der Waals surface area (Å²) in [6.45, 7) is 1.56. The third-order valence-corrected chi connectivity index (χ3v) is 3.05. The molecule has 0 saturated carbocycles. The zero-order valence-corrected chi connectivity index (χ0v) is 12.5. The number of hydrogen-bond acceptors (Lipinski definition) is 3. The maximum absolute atomic E-state index is 12.0. The first-order chi connectivity index (χ1) is 9.76. The number of anilines is 1. The SMILES string of the molecule is CCN(CC(N)=O)C(=O)Nc1c(Cl)cc(Cl)cc1C(=O)O. The van der Waals surface area contributed by atoms with E-state index >= 15 is 0 Å². The highest BCUT2D eigenvalue weighted by Gasteiger charge is 2.20. The van der Waals surface area contributed by atoms with Gasteiger partial charge >= 0.3 is 12.0 Å². The summed E-state index contributed by atoms with van der Waals surface area (Å²) >= 11 is 11.6. The number of amides is 3. The number of carbonyl (C=O) groups is 3. The lowest BCUT2D eigenvalue weighted by Gasteiger charge is -2.20. The number of halogens is 2. The third kappa shape index (κ3) is 4.51. The number of likely N-dealkylation sites (N-methyl/N-ethyl adjacent to an activating group) is 1. The van der Waals surface area contributed by atoms with Crippen molar-refractivity contribution < 1.29 is 19.5 Å². The number of aromatic carboxylic acids is 1. The van der Waals surface area contributed by atoms with E-state index in [1.54, 1.807) is 6.92 Å². The number of hydrogen-bond donors (Lipinski definition) is 3. The molecule has 1 aromatic rings. The first-order valence-corrected chi connectivity index (χ1v) is 6.58. The molecule has 0 aromatic heterocycles. The fourth-order valence-corrected chi connectivity index (χ4v) is 2.11. The Labute approximate surface area is 130 Å². The van der Waals surface area contributed by atoms with Crippen molar-refractivity contribution in [1.82, 2.24) is 4.90 Å². The van der Waals surface area contributed by atoms with E-state index in [1.807, 2.05) is 0 Å². The number of carbonyl (C=O) groups excluding carboxylic acids is 2. The second kappa shape index (κ2) is 7.14. The van der Waals surface area contributed by atoms with Gasteiger partial charge in [-0.05, 0) is 19.1 Å². The number of nitrogens with zero attached hydrogens (tertiary/aromatic N) is 1. The molecule has 0 aliphatic heterocycles. The van der Waals surface area contributed by atoms with Crippen molar-refractivity contribution in [2.24, 2.45) is 5.73 Å². The van der Waals surface area contributed by atoms with Crippen LogP contribution in [0.1, 0.15) is 17.3 Å². The van der Waals surface area contributed by atoms with Crippen molar-refractivity contribution in [2.75, 3.05) is 18.4 Å². The Morgan fingerprint density at radius 3 is 2.43 bits per heavy atom. The van der Waals surface area contributed by atoms with Crippen molar-refractivity contribution in [3.8, 4) is 0 Å². The fraction of sp³-hybridized carbons (Fsp3) is 0.250. The molecule has 0 atom stereocenters. The van der Waals surface area contributed by atoms with Gasteiger partial charge in [0.1, 0.15) is 6.54 Å². The van der Waals surface area contributed by atoms with Gasteiger partial charge in [0.15, 0.2) is 0 Å². The number of carboxylic acid groups (broad SMARTS) is 1. The van der Waals surface area contributed by atoms with E-state index in [1.165, 1.54) is 6.07 Å². The number of nitrogens with two attached hydrogens (primary N) is 1. The van der Waals surface area contributed by atoms with Gasteiger partial charge in [0.25, 0.3) is 0 Å². The van der Waals surface area contributed by atoms with Gasteiger partial charge in [-0.25, -0.2) is 9.59 Å². The predicted octanol–water partition coefficient (Wildman–Crippen LogP) is 2.03. The molecule has 0 aliphatic rings. The van der Waals surface area contributed by atoms with Gasteiger partial charge in [-0.3, -0.25) is 4.79 Å². The van der Waals surface area contributed by atoms with E-state index in [-0.39, 0.29) is 34.4 Å². The average molecular weight is 334 g/mol. The Morgan fingerprint density at radius 1 is 1.33 bits per heavy atom. The lowest BCUT2D eigenvalue weighted by molar-refractivity contribution is -0.118. The van der Waals surface area contributed by atoms with Crippen LogP contribution in [0.15, 0.2) is 12.1 Å². The summed E-state index contributed by atoms with van der Waals surface area (Å²) in [6.07, 6.45) is 0. The van der Waals surface area contributed by atoms with Crippen LogP contribution >= 0.6 is 23.2 Å². The Morgan fingerprint density at radius 2 is 1.95 bits per heavy atom. The van der Waals surface area contributed by atoms with Gasteiger partial charge < -0.3 is 21.1 Å². The largest absolute Gasteiger partial charge is 0.478 e. The molecule has 4 N–H and O–H groups in total. The molecule has 0 unspecified atom stereocenters. The first-order valence-electron chi connectivity index (χ1n) is 5.82. The van der Waals surface area contributed by atoms with Crippen LogP contribution in [0.3, 0.4) is 0 Å². The third-order valence-electron chi connectivity index (χ3n) is 2.53. The normalized spacial score (nSPS) is 10.0. The highest BCUT2D eigenvalue weighted by Crippen LogP contribution is 2.30. The van der Waals surface area contributed by atoms with Gasteiger partial charge in [0.05, 0.1) is 16.3 Å². The van der Waals surface area contributed by atoms with Crippen molar-refractivity contribution in [1.29, 1.82) is 0 Å². The van der Waals surface area contributed by atoms with E-state index in [4.69, 9.17) is 34.0 Å². The molecular weight excluding hydrogens is 321 g/mol. The maximum Gasteiger partial charge on any atom is 0.337 e. The molecule has 1 rings (SSSR count). The topological polar surface area (TPSA) is 113 Å². The molecule has 3 amide bonds. The second-order valence-corrected chi connectivity index (χ2v) is 4.87. The first kappa shape index (κ1) is 17.1. The highest BCUT2D eigenvalue weighted by atomic mass is 35.5. The van der Waals surface area contributed by atoms with Crippen LogP contribution in [0.25, 0.3) is 0 Å². The van der Waals surface area contributed by atoms with E-state index in [0.29, 0.717) is 0 Å². The summed E-state index contributed by atoms with van der Waals surface area (Å²) in [7, 11) is 0. The van der Waals surface area contributed by atoms with Gasteiger partial charge in [-0.2, -0.15) is 0 Å². The van der Waals surface area contributed by atoms with E-state index in [9.17, 15) is 14.4 Å². The molecule has 0 fully saturated rings. The molecule has 0 spiro atoms. The molecule has 0 saturated heterocycles. The second-order valence-electron chi connectivity index (χ2n) is 4.03. The smallest absolute Gasteiger partial charge is 0.337 e. The van der Waals surface area contributed by atoms with Gasteiger partial charge in [0, 0.05) is 11.6 Å². The molecule has 114 valence electrons. The summed E-state index contributed by atoms with van der Waals surface area (Å²) in [5, 5.41) is 11.6. The number of nitrogens with one attached hydrogen (secondary N) is 1. The zero-order chi connectivity index (χ0) is 16.2. The number of rotatable bonds is 5. The summed E-state index contributed by atoms with van der Waals surface area (Å²) in [4.78, 5) is 35.2. The molecular formula is C12H13Cl2N3O4. The fourth-order valence-electron chi connectivity index (χ4n) is 1.57.